The molecule has 0 aliphatic heterocycles. The standard InChI is InChI=1S/C20H17F3N2O2/c21-16-8-9-17(20(23)19(16)22)24-18(26)13-25(12-15-7-4-10-27-15)11-14-5-2-1-3-6-14/h1-10H,11-13H2,(H,24,26). The smallest absolute Gasteiger partial charge is 0.238 e. The Morgan fingerprint density at radius 1 is 0.926 bits per heavy atom. The van der Waals surface area contributed by atoms with Crippen LogP contribution in [0.15, 0.2) is 65.3 Å². The van der Waals surface area contributed by atoms with E-state index in [0.29, 0.717) is 18.8 Å². The average molecular weight is 374 g/mol. The molecule has 3 rings (SSSR count). The third-order valence-electron chi connectivity index (χ3n) is 3.89. The van der Waals surface area contributed by atoms with Gasteiger partial charge in [-0.3, -0.25) is 9.69 Å². The normalized spacial score (nSPS) is 11.0. The monoisotopic (exact) mass is 374 g/mol. The summed E-state index contributed by atoms with van der Waals surface area (Å²) in [6, 6.07) is 14.8. The predicted molar refractivity (Wildman–Crippen MR) is 94.2 cm³/mol. The molecule has 27 heavy (non-hydrogen) atoms. The van der Waals surface area contributed by atoms with E-state index in [1.165, 1.54) is 6.26 Å². The van der Waals surface area contributed by atoms with Gasteiger partial charge in [0.05, 0.1) is 25.0 Å². The molecule has 0 radical (unpaired) electrons. The maximum Gasteiger partial charge on any atom is 0.238 e. The number of carbonyl (C=O) groups is 1. The first-order chi connectivity index (χ1) is 13.0. The SMILES string of the molecule is O=C(CN(Cc1ccccc1)Cc1ccco1)Nc1ccc(F)c(F)c1F. The fraction of sp³-hybridized carbons (Fsp3) is 0.150. The highest BCUT2D eigenvalue weighted by atomic mass is 19.2. The molecule has 0 spiro atoms. The number of furan rings is 1. The number of nitrogens with one attached hydrogen (secondary N) is 1. The van der Waals surface area contributed by atoms with Crippen LogP contribution in [0.1, 0.15) is 11.3 Å². The summed E-state index contributed by atoms with van der Waals surface area (Å²) in [5.41, 5.74) is 0.576. The van der Waals surface area contributed by atoms with E-state index in [4.69, 9.17) is 4.42 Å². The molecule has 0 atom stereocenters. The van der Waals surface area contributed by atoms with Crippen LogP contribution >= 0.6 is 0 Å². The zero-order chi connectivity index (χ0) is 19.2. The Balaban J connectivity index is 1.71. The molecule has 1 N–H and O–H groups in total. The van der Waals surface area contributed by atoms with Gasteiger partial charge in [-0.25, -0.2) is 13.2 Å². The van der Waals surface area contributed by atoms with Crippen LogP contribution in [-0.4, -0.2) is 17.4 Å². The minimum Gasteiger partial charge on any atom is -0.468 e. The van der Waals surface area contributed by atoms with Crippen molar-refractivity contribution < 1.29 is 22.4 Å². The molecule has 1 aromatic heterocycles. The van der Waals surface area contributed by atoms with Crippen molar-refractivity contribution in [2.75, 3.05) is 11.9 Å². The lowest BCUT2D eigenvalue weighted by molar-refractivity contribution is -0.117. The molecule has 0 bridgehead atoms. The van der Waals surface area contributed by atoms with Gasteiger partial charge in [-0.2, -0.15) is 0 Å². The molecule has 1 amide bonds. The van der Waals surface area contributed by atoms with E-state index in [2.05, 4.69) is 5.32 Å². The molecule has 0 unspecified atom stereocenters. The van der Waals surface area contributed by atoms with Gasteiger partial charge in [0.15, 0.2) is 17.5 Å². The summed E-state index contributed by atoms with van der Waals surface area (Å²) in [6.07, 6.45) is 1.53. The quantitative estimate of drug-likeness (QED) is 0.626. The molecule has 0 aliphatic carbocycles. The Morgan fingerprint density at radius 3 is 2.41 bits per heavy atom. The van der Waals surface area contributed by atoms with E-state index < -0.39 is 29.0 Å². The lowest BCUT2D eigenvalue weighted by atomic mass is 10.2. The maximum atomic E-state index is 13.8. The number of benzene rings is 2. The first-order valence-corrected chi connectivity index (χ1v) is 8.25. The van der Waals surface area contributed by atoms with Gasteiger partial charge in [0, 0.05) is 6.54 Å². The van der Waals surface area contributed by atoms with Gasteiger partial charge in [-0.1, -0.05) is 30.3 Å². The summed E-state index contributed by atoms with van der Waals surface area (Å²) in [7, 11) is 0. The summed E-state index contributed by atoms with van der Waals surface area (Å²) < 4.78 is 45.4. The van der Waals surface area contributed by atoms with E-state index >= 15 is 0 Å². The average Bonchev–Trinajstić information content (AvgIpc) is 3.16. The lowest BCUT2D eigenvalue weighted by Gasteiger charge is -2.21. The number of carbonyl (C=O) groups excluding carboxylic acids is 1. The summed E-state index contributed by atoms with van der Waals surface area (Å²) in [5.74, 6) is -4.25. The van der Waals surface area contributed by atoms with Crippen LogP contribution < -0.4 is 5.32 Å². The van der Waals surface area contributed by atoms with Crippen LogP contribution in [0.5, 0.6) is 0 Å². The Hall–Kier alpha value is -3.06. The molecule has 1 heterocycles. The molecule has 0 fully saturated rings. The van der Waals surface area contributed by atoms with E-state index in [9.17, 15) is 18.0 Å². The zero-order valence-corrected chi connectivity index (χ0v) is 14.3. The van der Waals surface area contributed by atoms with Crippen LogP contribution in [0.2, 0.25) is 0 Å². The number of halogens is 3. The van der Waals surface area contributed by atoms with Crippen molar-refractivity contribution in [2.45, 2.75) is 13.1 Å². The maximum absolute atomic E-state index is 13.8. The van der Waals surface area contributed by atoms with Crippen molar-refractivity contribution in [2.24, 2.45) is 0 Å². The van der Waals surface area contributed by atoms with Crippen molar-refractivity contribution >= 4 is 11.6 Å². The first kappa shape index (κ1) is 18.7. The Labute approximate surface area is 154 Å². The van der Waals surface area contributed by atoms with Gasteiger partial charge in [0.2, 0.25) is 5.91 Å². The van der Waals surface area contributed by atoms with E-state index in [-0.39, 0.29) is 6.54 Å². The Bertz CT molecular complexity index is 899. The van der Waals surface area contributed by atoms with Crippen molar-refractivity contribution in [3.63, 3.8) is 0 Å². The Kier molecular flexibility index (Phi) is 5.93. The molecular formula is C20H17F3N2O2. The highest BCUT2D eigenvalue weighted by Gasteiger charge is 2.18. The largest absolute Gasteiger partial charge is 0.468 e. The summed E-state index contributed by atoms with van der Waals surface area (Å²) >= 11 is 0. The van der Waals surface area contributed by atoms with Gasteiger partial charge in [0.1, 0.15) is 5.76 Å². The third kappa shape index (κ3) is 4.98. The molecule has 140 valence electrons. The van der Waals surface area contributed by atoms with Crippen LogP contribution in [0.4, 0.5) is 18.9 Å². The Morgan fingerprint density at radius 2 is 1.70 bits per heavy atom. The predicted octanol–water partition coefficient (Wildman–Crippen LogP) is 4.34. The molecule has 4 nitrogen and oxygen atoms in total. The second-order valence-corrected chi connectivity index (χ2v) is 5.98. The van der Waals surface area contributed by atoms with Gasteiger partial charge < -0.3 is 9.73 Å². The van der Waals surface area contributed by atoms with Gasteiger partial charge in [0.25, 0.3) is 0 Å². The van der Waals surface area contributed by atoms with Crippen LogP contribution in [0, 0.1) is 17.5 Å². The highest BCUT2D eigenvalue weighted by Crippen LogP contribution is 2.20. The molecule has 2 aromatic carbocycles. The molecule has 0 saturated heterocycles. The molecule has 0 aliphatic rings. The van der Waals surface area contributed by atoms with Gasteiger partial charge in [-0.05, 0) is 29.8 Å². The van der Waals surface area contributed by atoms with Crippen LogP contribution in [0.25, 0.3) is 0 Å². The van der Waals surface area contributed by atoms with Crippen LogP contribution in [-0.2, 0) is 17.9 Å². The fourth-order valence-corrected chi connectivity index (χ4v) is 2.65. The van der Waals surface area contributed by atoms with Crippen molar-refractivity contribution in [3.05, 3.63) is 89.6 Å². The molecule has 0 saturated carbocycles. The highest BCUT2D eigenvalue weighted by molar-refractivity contribution is 5.92. The topological polar surface area (TPSA) is 45.5 Å². The molecular weight excluding hydrogens is 357 g/mol. The first-order valence-electron chi connectivity index (χ1n) is 8.25. The summed E-state index contributed by atoms with van der Waals surface area (Å²) in [6.45, 7) is 0.721. The summed E-state index contributed by atoms with van der Waals surface area (Å²) in [5, 5.41) is 2.28. The van der Waals surface area contributed by atoms with Crippen molar-refractivity contribution in [3.8, 4) is 0 Å². The number of hydrogen-bond acceptors (Lipinski definition) is 3. The molecule has 3 aromatic rings. The van der Waals surface area contributed by atoms with Gasteiger partial charge >= 0.3 is 0 Å². The third-order valence-corrected chi connectivity index (χ3v) is 3.89. The van der Waals surface area contributed by atoms with Crippen LogP contribution in [0.3, 0.4) is 0 Å². The lowest BCUT2D eigenvalue weighted by Crippen LogP contribution is -2.32. The second kappa shape index (κ2) is 8.55. The van der Waals surface area contributed by atoms with E-state index in [1.54, 1.807) is 17.0 Å². The van der Waals surface area contributed by atoms with Crippen molar-refractivity contribution in [1.29, 1.82) is 0 Å². The molecule has 7 heteroatoms. The van der Waals surface area contributed by atoms with Gasteiger partial charge in [-0.15, -0.1) is 0 Å². The second-order valence-electron chi connectivity index (χ2n) is 5.98. The van der Waals surface area contributed by atoms with E-state index in [0.717, 1.165) is 17.7 Å². The zero-order valence-electron chi connectivity index (χ0n) is 14.3. The number of hydrogen-bond donors (Lipinski definition) is 1. The number of amides is 1. The number of nitrogens with zero attached hydrogens (tertiary/aromatic N) is 1. The van der Waals surface area contributed by atoms with Crippen molar-refractivity contribution in [1.82, 2.24) is 4.90 Å². The fourth-order valence-electron chi connectivity index (χ4n) is 2.65. The number of anilines is 1. The number of rotatable bonds is 7. The summed E-state index contributed by atoms with van der Waals surface area (Å²) in [4.78, 5) is 14.1. The minimum atomic E-state index is -1.62. The minimum absolute atomic E-state index is 0.0893. The van der Waals surface area contributed by atoms with E-state index in [1.807, 2.05) is 30.3 Å².